The molecule has 0 bridgehead atoms. The Balaban J connectivity index is 1.55. The predicted molar refractivity (Wildman–Crippen MR) is 84.1 cm³/mol. The molecule has 0 spiro atoms. The topological polar surface area (TPSA) is 66.8 Å². The van der Waals surface area contributed by atoms with Crippen LogP contribution >= 0.6 is 0 Å². The minimum Gasteiger partial charge on any atom is -0.468 e. The molecule has 1 aromatic rings. The van der Waals surface area contributed by atoms with E-state index in [-0.39, 0.29) is 6.04 Å². The Bertz CT molecular complexity index is 447. The number of rotatable bonds is 6. The second-order valence-corrected chi connectivity index (χ2v) is 6.18. The molecule has 0 amide bonds. The van der Waals surface area contributed by atoms with Gasteiger partial charge in [-0.25, -0.2) is 0 Å². The number of guanidine groups is 1. The molecule has 1 aliphatic carbocycles. The standard InChI is InChI=1S/C16H26N4O/c17-16(18-11-13-5-3-6-13)19-12-14(15-7-4-10-21-15)20-8-1-2-9-20/h4,7,10,13-14H,1-3,5-6,8-9,11-12H2,(H3,17,18,19). The highest BCUT2D eigenvalue weighted by Crippen LogP contribution is 2.26. The van der Waals surface area contributed by atoms with E-state index < -0.39 is 0 Å². The van der Waals surface area contributed by atoms with E-state index in [4.69, 9.17) is 10.2 Å². The number of nitrogens with two attached hydrogens (primary N) is 1. The zero-order chi connectivity index (χ0) is 14.5. The molecule has 2 fully saturated rings. The summed E-state index contributed by atoms with van der Waals surface area (Å²) in [5.74, 6) is 2.35. The van der Waals surface area contributed by atoms with Gasteiger partial charge in [-0.2, -0.15) is 0 Å². The maximum absolute atomic E-state index is 5.99. The van der Waals surface area contributed by atoms with Gasteiger partial charge in [0.25, 0.3) is 0 Å². The third-order valence-corrected chi connectivity index (χ3v) is 4.68. The maximum atomic E-state index is 5.99. The smallest absolute Gasteiger partial charge is 0.188 e. The molecule has 1 unspecified atom stereocenters. The van der Waals surface area contributed by atoms with Gasteiger partial charge in [0.05, 0.1) is 18.8 Å². The average molecular weight is 290 g/mol. The highest BCUT2D eigenvalue weighted by Gasteiger charge is 2.25. The summed E-state index contributed by atoms with van der Waals surface area (Å²) in [4.78, 5) is 6.98. The minimum atomic E-state index is 0.214. The van der Waals surface area contributed by atoms with Crippen molar-refractivity contribution in [1.82, 2.24) is 10.2 Å². The van der Waals surface area contributed by atoms with Gasteiger partial charge in [0, 0.05) is 6.54 Å². The lowest BCUT2D eigenvalue weighted by Crippen LogP contribution is -2.38. The quantitative estimate of drug-likeness (QED) is 0.622. The van der Waals surface area contributed by atoms with Gasteiger partial charge in [0.15, 0.2) is 5.96 Å². The molecule has 5 nitrogen and oxygen atoms in total. The first kappa shape index (κ1) is 14.4. The van der Waals surface area contributed by atoms with Crippen LogP contribution in [0.2, 0.25) is 0 Å². The van der Waals surface area contributed by atoms with E-state index in [1.54, 1.807) is 6.26 Å². The van der Waals surface area contributed by atoms with Crippen molar-refractivity contribution in [2.75, 3.05) is 26.2 Å². The molecule has 3 rings (SSSR count). The molecule has 1 atom stereocenters. The summed E-state index contributed by atoms with van der Waals surface area (Å²) in [7, 11) is 0. The zero-order valence-corrected chi connectivity index (χ0v) is 12.6. The van der Waals surface area contributed by atoms with Gasteiger partial charge >= 0.3 is 0 Å². The lowest BCUT2D eigenvalue weighted by atomic mass is 9.85. The lowest BCUT2D eigenvalue weighted by Gasteiger charge is -2.26. The molecule has 3 N–H and O–H groups in total. The molecular formula is C16H26N4O. The number of nitrogens with one attached hydrogen (secondary N) is 1. The van der Waals surface area contributed by atoms with Crippen molar-refractivity contribution < 1.29 is 4.42 Å². The minimum absolute atomic E-state index is 0.214. The number of hydrogen-bond donors (Lipinski definition) is 2. The van der Waals surface area contributed by atoms with Gasteiger partial charge in [0.1, 0.15) is 5.76 Å². The Morgan fingerprint density at radius 3 is 2.81 bits per heavy atom. The normalized spacial score (nSPS) is 22.2. The molecule has 1 saturated heterocycles. The third-order valence-electron chi connectivity index (χ3n) is 4.68. The Morgan fingerprint density at radius 1 is 1.38 bits per heavy atom. The van der Waals surface area contributed by atoms with Gasteiger partial charge in [0.2, 0.25) is 0 Å². The van der Waals surface area contributed by atoms with Gasteiger partial charge < -0.3 is 15.5 Å². The van der Waals surface area contributed by atoms with E-state index in [9.17, 15) is 0 Å². The Morgan fingerprint density at radius 2 is 2.19 bits per heavy atom. The predicted octanol–water partition coefficient (Wildman–Crippen LogP) is 2.12. The molecule has 5 heteroatoms. The number of nitrogens with zero attached hydrogens (tertiary/aromatic N) is 2. The molecule has 116 valence electrons. The van der Waals surface area contributed by atoms with Crippen molar-refractivity contribution in [2.45, 2.75) is 38.1 Å². The first-order valence-electron chi connectivity index (χ1n) is 8.14. The van der Waals surface area contributed by atoms with E-state index in [0.717, 1.165) is 31.3 Å². The molecule has 21 heavy (non-hydrogen) atoms. The largest absolute Gasteiger partial charge is 0.468 e. The van der Waals surface area contributed by atoms with E-state index in [1.807, 2.05) is 12.1 Å². The van der Waals surface area contributed by atoms with Crippen LogP contribution in [0.3, 0.4) is 0 Å². The summed E-state index contributed by atoms with van der Waals surface area (Å²) in [6.45, 7) is 3.87. The summed E-state index contributed by atoms with van der Waals surface area (Å²) >= 11 is 0. The van der Waals surface area contributed by atoms with Crippen LogP contribution in [0.5, 0.6) is 0 Å². The van der Waals surface area contributed by atoms with Crippen LogP contribution in [0.15, 0.2) is 27.8 Å². The van der Waals surface area contributed by atoms with Gasteiger partial charge in [-0.3, -0.25) is 9.89 Å². The summed E-state index contributed by atoms with van der Waals surface area (Å²) in [6.07, 6.45) is 8.26. The van der Waals surface area contributed by atoms with Crippen molar-refractivity contribution in [3.05, 3.63) is 24.2 Å². The summed E-state index contributed by atoms with van der Waals surface area (Å²) in [5, 5.41) is 3.25. The zero-order valence-electron chi connectivity index (χ0n) is 12.6. The molecule has 1 aliphatic heterocycles. The fourth-order valence-corrected chi connectivity index (χ4v) is 3.11. The maximum Gasteiger partial charge on any atom is 0.188 e. The summed E-state index contributed by atoms with van der Waals surface area (Å²) in [6, 6.07) is 4.20. The monoisotopic (exact) mass is 290 g/mol. The van der Waals surface area contributed by atoms with E-state index >= 15 is 0 Å². The fraction of sp³-hybridized carbons (Fsp3) is 0.688. The summed E-state index contributed by atoms with van der Waals surface area (Å²) in [5.41, 5.74) is 5.99. The number of likely N-dealkylation sites (tertiary alicyclic amines) is 1. The molecular weight excluding hydrogens is 264 g/mol. The number of hydrogen-bond acceptors (Lipinski definition) is 3. The van der Waals surface area contributed by atoms with Crippen LogP contribution in [-0.4, -0.2) is 37.0 Å². The van der Waals surface area contributed by atoms with Crippen LogP contribution in [-0.2, 0) is 0 Å². The van der Waals surface area contributed by atoms with E-state index in [2.05, 4.69) is 15.2 Å². The van der Waals surface area contributed by atoms with Gasteiger partial charge in [-0.05, 0) is 56.8 Å². The number of aliphatic imine (C=N–C) groups is 1. The third kappa shape index (κ3) is 3.79. The molecule has 0 radical (unpaired) electrons. The van der Waals surface area contributed by atoms with Crippen molar-refractivity contribution in [3.8, 4) is 0 Å². The van der Waals surface area contributed by atoms with Crippen LogP contribution < -0.4 is 11.1 Å². The molecule has 0 aromatic carbocycles. The Labute approximate surface area is 126 Å². The van der Waals surface area contributed by atoms with Gasteiger partial charge in [-0.15, -0.1) is 0 Å². The lowest BCUT2D eigenvalue weighted by molar-refractivity contribution is 0.221. The molecule has 1 aromatic heterocycles. The second-order valence-electron chi connectivity index (χ2n) is 6.18. The molecule has 1 saturated carbocycles. The van der Waals surface area contributed by atoms with Crippen LogP contribution in [0.4, 0.5) is 0 Å². The molecule has 2 aliphatic rings. The molecule has 2 heterocycles. The van der Waals surface area contributed by atoms with Crippen LogP contribution in [0, 0.1) is 5.92 Å². The van der Waals surface area contributed by atoms with Crippen molar-refractivity contribution >= 4 is 5.96 Å². The Kier molecular flexibility index (Phi) is 4.80. The first-order valence-corrected chi connectivity index (χ1v) is 8.14. The average Bonchev–Trinajstić information content (AvgIpc) is 3.10. The Hall–Kier alpha value is -1.49. The van der Waals surface area contributed by atoms with Crippen LogP contribution in [0.1, 0.15) is 43.9 Å². The fourth-order valence-electron chi connectivity index (χ4n) is 3.11. The highest BCUT2D eigenvalue weighted by atomic mass is 16.3. The first-order chi connectivity index (χ1) is 10.3. The van der Waals surface area contributed by atoms with Crippen molar-refractivity contribution in [2.24, 2.45) is 16.6 Å². The number of furan rings is 1. The summed E-state index contributed by atoms with van der Waals surface area (Å²) < 4.78 is 5.59. The van der Waals surface area contributed by atoms with Gasteiger partial charge in [-0.1, -0.05) is 6.42 Å². The van der Waals surface area contributed by atoms with E-state index in [0.29, 0.717) is 12.5 Å². The van der Waals surface area contributed by atoms with E-state index in [1.165, 1.54) is 32.1 Å². The van der Waals surface area contributed by atoms with Crippen molar-refractivity contribution in [1.29, 1.82) is 0 Å². The van der Waals surface area contributed by atoms with Crippen molar-refractivity contribution in [3.63, 3.8) is 0 Å². The highest BCUT2D eigenvalue weighted by molar-refractivity contribution is 5.77. The second kappa shape index (κ2) is 6.98. The SMILES string of the molecule is NC(=NCC(c1ccco1)N1CCCC1)NCC1CCC1. The van der Waals surface area contributed by atoms with Crippen LogP contribution in [0.25, 0.3) is 0 Å².